The second-order valence-electron chi connectivity index (χ2n) is 4.86. The number of para-hydroxylation sites is 1. The summed E-state index contributed by atoms with van der Waals surface area (Å²) in [6.45, 7) is 1.49. The Balaban J connectivity index is 1.64. The summed E-state index contributed by atoms with van der Waals surface area (Å²) in [6, 6.07) is 6.82. The van der Waals surface area contributed by atoms with Gasteiger partial charge in [-0.05, 0) is 25.1 Å². The van der Waals surface area contributed by atoms with E-state index in [1.807, 2.05) is 0 Å². The Morgan fingerprint density at radius 2 is 2.17 bits per heavy atom. The minimum absolute atomic E-state index is 0.182. The summed E-state index contributed by atoms with van der Waals surface area (Å²) in [5.74, 6) is 0.0892. The van der Waals surface area contributed by atoms with Crippen molar-refractivity contribution in [3.05, 3.63) is 46.9 Å². The van der Waals surface area contributed by atoms with Crippen LogP contribution in [0.15, 0.2) is 34.9 Å². The molecule has 0 aliphatic rings. The largest absolute Gasteiger partial charge is 0.469 e. The van der Waals surface area contributed by atoms with Gasteiger partial charge in [0, 0.05) is 5.39 Å². The summed E-state index contributed by atoms with van der Waals surface area (Å²) in [4.78, 5) is 23.9. The fourth-order valence-electron chi connectivity index (χ4n) is 2.15. The number of aromatic nitrogens is 2. The van der Waals surface area contributed by atoms with Crippen LogP contribution in [0.3, 0.4) is 0 Å². The van der Waals surface area contributed by atoms with Gasteiger partial charge in [-0.3, -0.25) is 14.7 Å². The van der Waals surface area contributed by atoms with E-state index < -0.39 is 5.91 Å². The maximum absolute atomic E-state index is 12.0. The summed E-state index contributed by atoms with van der Waals surface area (Å²) < 4.78 is 5.05. The number of halogens is 1. The number of aromatic amines is 1. The van der Waals surface area contributed by atoms with Crippen LogP contribution in [0.2, 0.25) is 5.02 Å². The van der Waals surface area contributed by atoms with Gasteiger partial charge in [0.2, 0.25) is 5.91 Å². The molecule has 0 bridgehead atoms. The molecule has 118 valence electrons. The van der Waals surface area contributed by atoms with Gasteiger partial charge < -0.3 is 15.1 Å². The van der Waals surface area contributed by atoms with E-state index in [1.54, 1.807) is 31.2 Å². The van der Waals surface area contributed by atoms with E-state index in [2.05, 4.69) is 20.8 Å². The van der Waals surface area contributed by atoms with Crippen molar-refractivity contribution in [2.75, 3.05) is 11.9 Å². The lowest BCUT2D eigenvalue weighted by molar-refractivity contribution is -0.115. The molecule has 0 unspecified atom stereocenters. The Labute approximate surface area is 136 Å². The number of carbonyl (C=O) groups is 2. The Bertz CT molecular complexity index is 884. The first-order valence-corrected chi connectivity index (χ1v) is 7.19. The normalized spacial score (nSPS) is 10.7. The lowest BCUT2D eigenvalue weighted by Gasteiger charge is -2.05. The van der Waals surface area contributed by atoms with E-state index >= 15 is 0 Å². The fraction of sp³-hybridized carbons (Fsp3) is 0.133. The van der Waals surface area contributed by atoms with E-state index in [0.717, 1.165) is 0 Å². The molecular formula is C15H13ClN4O3. The molecule has 7 nitrogen and oxygen atoms in total. The standard InChI is InChI=1S/C15H13ClN4O3/c1-8-9(5-6-23-8)15(22)17-7-12(21)18-14-10-3-2-4-11(16)13(10)19-20-14/h2-6H,7H2,1H3,(H,17,22)(H2,18,19,20,21). The van der Waals surface area contributed by atoms with Crippen LogP contribution >= 0.6 is 11.6 Å². The number of benzene rings is 1. The van der Waals surface area contributed by atoms with E-state index in [0.29, 0.717) is 33.1 Å². The third-order valence-electron chi connectivity index (χ3n) is 3.32. The molecule has 1 aromatic carbocycles. The number of nitrogens with one attached hydrogen (secondary N) is 3. The quantitative estimate of drug-likeness (QED) is 0.683. The van der Waals surface area contributed by atoms with Gasteiger partial charge in [-0.2, -0.15) is 5.10 Å². The Morgan fingerprint density at radius 1 is 1.35 bits per heavy atom. The molecule has 0 radical (unpaired) electrons. The average molecular weight is 333 g/mol. The molecule has 0 atom stereocenters. The predicted molar refractivity (Wildman–Crippen MR) is 85.5 cm³/mol. The number of H-pyrrole nitrogens is 1. The molecule has 0 aliphatic carbocycles. The summed E-state index contributed by atoms with van der Waals surface area (Å²) in [5.41, 5.74) is 1.04. The summed E-state index contributed by atoms with van der Waals surface area (Å²) in [5, 5.41) is 13.1. The number of aryl methyl sites for hydroxylation is 1. The predicted octanol–water partition coefficient (Wildman–Crippen LogP) is 2.49. The monoisotopic (exact) mass is 332 g/mol. The molecule has 23 heavy (non-hydrogen) atoms. The van der Waals surface area contributed by atoms with Gasteiger partial charge in [0.25, 0.3) is 5.91 Å². The van der Waals surface area contributed by atoms with Crippen molar-refractivity contribution in [2.24, 2.45) is 0 Å². The van der Waals surface area contributed by atoms with Crippen LogP contribution in [0.5, 0.6) is 0 Å². The van der Waals surface area contributed by atoms with Crippen LogP contribution in [0.1, 0.15) is 16.1 Å². The van der Waals surface area contributed by atoms with Crippen LogP contribution in [-0.2, 0) is 4.79 Å². The first kappa shape index (κ1) is 15.1. The zero-order valence-electron chi connectivity index (χ0n) is 12.1. The summed E-state index contributed by atoms with van der Waals surface area (Å²) in [7, 11) is 0. The molecule has 3 aromatic rings. The summed E-state index contributed by atoms with van der Waals surface area (Å²) >= 11 is 6.03. The zero-order chi connectivity index (χ0) is 16.4. The first-order chi connectivity index (χ1) is 11.1. The molecule has 3 rings (SSSR count). The molecule has 2 amide bonds. The van der Waals surface area contributed by atoms with Crippen molar-refractivity contribution < 1.29 is 14.0 Å². The van der Waals surface area contributed by atoms with Gasteiger partial charge in [-0.1, -0.05) is 17.7 Å². The van der Waals surface area contributed by atoms with Crippen LogP contribution in [0, 0.1) is 6.92 Å². The number of hydrogen-bond donors (Lipinski definition) is 3. The second kappa shape index (κ2) is 6.13. The highest BCUT2D eigenvalue weighted by Gasteiger charge is 2.14. The number of nitrogens with zero attached hydrogens (tertiary/aromatic N) is 1. The molecule has 8 heteroatoms. The van der Waals surface area contributed by atoms with Crippen molar-refractivity contribution in [1.82, 2.24) is 15.5 Å². The van der Waals surface area contributed by atoms with Crippen molar-refractivity contribution in [2.45, 2.75) is 6.92 Å². The molecular weight excluding hydrogens is 320 g/mol. The van der Waals surface area contributed by atoms with Gasteiger partial charge in [-0.15, -0.1) is 0 Å². The van der Waals surface area contributed by atoms with Gasteiger partial charge in [-0.25, -0.2) is 0 Å². The number of furan rings is 1. The van der Waals surface area contributed by atoms with Gasteiger partial charge >= 0.3 is 0 Å². The molecule has 0 saturated carbocycles. The second-order valence-corrected chi connectivity index (χ2v) is 5.26. The Kier molecular flexibility index (Phi) is 4.03. The number of fused-ring (bicyclic) bond motifs is 1. The minimum atomic E-state index is -0.395. The molecule has 2 heterocycles. The van der Waals surface area contributed by atoms with Crippen molar-refractivity contribution in [3.8, 4) is 0 Å². The van der Waals surface area contributed by atoms with E-state index in [1.165, 1.54) is 6.26 Å². The van der Waals surface area contributed by atoms with Crippen LogP contribution in [0.4, 0.5) is 5.82 Å². The van der Waals surface area contributed by atoms with Gasteiger partial charge in [0.05, 0.1) is 28.9 Å². The topological polar surface area (TPSA) is 100 Å². The zero-order valence-corrected chi connectivity index (χ0v) is 12.9. The van der Waals surface area contributed by atoms with Crippen LogP contribution in [0.25, 0.3) is 10.9 Å². The minimum Gasteiger partial charge on any atom is -0.469 e. The third kappa shape index (κ3) is 3.04. The Morgan fingerprint density at radius 3 is 2.91 bits per heavy atom. The van der Waals surface area contributed by atoms with Crippen molar-refractivity contribution >= 4 is 40.1 Å². The number of anilines is 1. The van der Waals surface area contributed by atoms with Crippen molar-refractivity contribution in [3.63, 3.8) is 0 Å². The molecule has 2 aromatic heterocycles. The maximum Gasteiger partial charge on any atom is 0.255 e. The molecule has 0 fully saturated rings. The smallest absolute Gasteiger partial charge is 0.255 e. The van der Waals surface area contributed by atoms with Crippen LogP contribution < -0.4 is 10.6 Å². The molecule has 0 saturated heterocycles. The van der Waals surface area contributed by atoms with Crippen LogP contribution in [-0.4, -0.2) is 28.6 Å². The van der Waals surface area contributed by atoms with Crippen molar-refractivity contribution in [1.29, 1.82) is 0 Å². The van der Waals surface area contributed by atoms with E-state index in [-0.39, 0.29) is 12.5 Å². The van der Waals surface area contributed by atoms with E-state index in [4.69, 9.17) is 16.0 Å². The highest BCUT2D eigenvalue weighted by Crippen LogP contribution is 2.26. The third-order valence-corrected chi connectivity index (χ3v) is 3.63. The molecule has 0 spiro atoms. The highest BCUT2D eigenvalue weighted by atomic mass is 35.5. The number of amides is 2. The van der Waals surface area contributed by atoms with Gasteiger partial charge in [0.1, 0.15) is 5.76 Å². The summed E-state index contributed by atoms with van der Waals surface area (Å²) in [6.07, 6.45) is 1.42. The highest BCUT2D eigenvalue weighted by molar-refractivity contribution is 6.35. The maximum atomic E-state index is 12.0. The lowest BCUT2D eigenvalue weighted by Crippen LogP contribution is -2.33. The lowest BCUT2D eigenvalue weighted by atomic mass is 10.2. The Hall–Kier alpha value is -2.80. The first-order valence-electron chi connectivity index (χ1n) is 6.81. The van der Waals surface area contributed by atoms with E-state index in [9.17, 15) is 9.59 Å². The molecule has 0 aliphatic heterocycles. The average Bonchev–Trinajstić information content (AvgIpc) is 3.13. The van der Waals surface area contributed by atoms with Gasteiger partial charge in [0.15, 0.2) is 5.82 Å². The molecule has 3 N–H and O–H groups in total. The number of hydrogen-bond acceptors (Lipinski definition) is 4. The fourth-order valence-corrected chi connectivity index (χ4v) is 2.37. The number of carbonyl (C=O) groups excluding carboxylic acids is 2. The SMILES string of the molecule is Cc1occc1C(=O)NCC(=O)Nc1n[nH]c2c(Cl)cccc12. The number of rotatable bonds is 4.